The van der Waals surface area contributed by atoms with Gasteiger partial charge in [-0.3, -0.25) is 0 Å². The minimum Gasteiger partial charge on any atom is -0.393 e. The van der Waals surface area contributed by atoms with Crippen LogP contribution in [0.1, 0.15) is 31.4 Å². The van der Waals surface area contributed by atoms with Gasteiger partial charge in [-0.25, -0.2) is 4.98 Å². The molecule has 0 atom stereocenters. The Hall–Kier alpha value is -2.40. The Kier molecular flexibility index (Phi) is 3.94. The quantitative estimate of drug-likeness (QED) is 0.775. The number of fused-ring (bicyclic) bond motifs is 1. The fraction of sp³-hybridized carbons (Fsp3) is 0.368. The monoisotopic (exact) mass is 322 g/mol. The highest BCUT2D eigenvalue weighted by atomic mass is 16.3. The molecule has 2 heterocycles. The summed E-state index contributed by atoms with van der Waals surface area (Å²) in [5.74, 6) is 0.966. The Morgan fingerprint density at radius 2 is 1.83 bits per heavy atom. The Balaban J connectivity index is 1.72. The number of benzene rings is 1. The number of aromatic nitrogens is 3. The van der Waals surface area contributed by atoms with E-state index >= 15 is 0 Å². The number of nitrogens with one attached hydrogen (secondary N) is 1. The molecule has 24 heavy (non-hydrogen) atoms. The van der Waals surface area contributed by atoms with Gasteiger partial charge in [0.15, 0.2) is 5.65 Å². The molecule has 3 aromatic rings. The highest BCUT2D eigenvalue weighted by Gasteiger charge is 2.20. The lowest BCUT2D eigenvalue weighted by molar-refractivity contribution is 0.126. The Labute approximate surface area is 141 Å². The molecule has 4 rings (SSSR count). The van der Waals surface area contributed by atoms with Gasteiger partial charge >= 0.3 is 0 Å². The molecule has 0 unspecified atom stereocenters. The van der Waals surface area contributed by atoms with Crippen LogP contribution in [-0.2, 0) is 0 Å². The second-order valence-corrected chi connectivity index (χ2v) is 6.60. The molecule has 0 radical (unpaired) electrons. The zero-order chi connectivity index (χ0) is 16.5. The summed E-state index contributed by atoms with van der Waals surface area (Å²) < 4.78 is 1.88. The second-order valence-electron chi connectivity index (χ2n) is 6.60. The van der Waals surface area contributed by atoms with Crippen molar-refractivity contribution < 1.29 is 5.11 Å². The van der Waals surface area contributed by atoms with Crippen LogP contribution in [0.3, 0.4) is 0 Å². The van der Waals surface area contributed by atoms with E-state index in [1.165, 1.54) is 0 Å². The molecular weight excluding hydrogens is 300 g/mol. The Morgan fingerprint density at radius 3 is 2.58 bits per heavy atom. The summed E-state index contributed by atoms with van der Waals surface area (Å²) >= 11 is 0. The van der Waals surface area contributed by atoms with E-state index in [2.05, 4.69) is 28.6 Å². The van der Waals surface area contributed by atoms with Gasteiger partial charge in [-0.1, -0.05) is 30.3 Å². The predicted octanol–water partition coefficient (Wildman–Crippen LogP) is 3.42. The van der Waals surface area contributed by atoms with Crippen LogP contribution in [0, 0.1) is 6.92 Å². The maximum atomic E-state index is 9.71. The van der Waals surface area contributed by atoms with Gasteiger partial charge in [-0.05, 0) is 32.6 Å². The number of aryl methyl sites for hydroxylation is 1. The summed E-state index contributed by atoms with van der Waals surface area (Å²) in [4.78, 5) is 4.75. The summed E-state index contributed by atoms with van der Waals surface area (Å²) in [6, 6.07) is 14.6. The van der Waals surface area contributed by atoms with Crippen LogP contribution in [0.2, 0.25) is 0 Å². The number of nitrogens with zero attached hydrogens (tertiary/aromatic N) is 3. The zero-order valence-electron chi connectivity index (χ0n) is 13.8. The van der Waals surface area contributed by atoms with E-state index in [1.54, 1.807) is 0 Å². The zero-order valence-corrected chi connectivity index (χ0v) is 13.8. The van der Waals surface area contributed by atoms with Crippen LogP contribution >= 0.6 is 0 Å². The molecule has 0 bridgehead atoms. The third kappa shape index (κ3) is 2.99. The van der Waals surface area contributed by atoms with Gasteiger partial charge in [0.25, 0.3) is 0 Å². The predicted molar refractivity (Wildman–Crippen MR) is 95.0 cm³/mol. The number of aliphatic hydroxyl groups excluding tert-OH is 1. The molecule has 0 amide bonds. The fourth-order valence-electron chi connectivity index (χ4n) is 3.38. The highest BCUT2D eigenvalue weighted by molar-refractivity contribution is 5.66. The van der Waals surface area contributed by atoms with E-state index in [-0.39, 0.29) is 6.10 Å². The molecule has 5 nitrogen and oxygen atoms in total. The molecule has 124 valence electrons. The molecule has 0 aliphatic heterocycles. The molecule has 0 saturated heterocycles. The largest absolute Gasteiger partial charge is 0.393 e. The first kappa shape index (κ1) is 15.1. The molecule has 1 aliphatic carbocycles. The summed E-state index contributed by atoms with van der Waals surface area (Å²) in [5, 5.41) is 17.9. The molecule has 1 saturated carbocycles. The normalized spacial score (nSPS) is 21.1. The third-order valence-corrected chi connectivity index (χ3v) is 4.67. The van der Waals surface area contributed by atoms with Crippen molar-refractivity contribution in [2.75, 3.05) is 5.32 Å². The van der Waals surface area contributed by atoms with E-state index in [0.717, 1.165) is 54.1 Å². The van der Waals surface area contributed by atoms with Gasteiger partial charge in [-0.15, -0.1) is 0 Å². The lowest BCUT2D eigenvalue weighted by Gasteiger charge is -2.27. The Bertz CT molecular complexity index is 835. The summed E-state index contributed by atoms with van der Waals surface area (Å²) in [5.41, 5.74) is 3.85. The number of rotatable bonds is 3. The molecular formula is C19H22N4O. The van der Waals surface area contributed by atoms with Crippen LogP contribution in [0.25, 0.3) is 16.9 Å². The molecule has 1 fully saturated rings. The van der Waals surface area contributed by atoms with Crippen molar-refractivity contribution >= 4 is 11.5 Å². The summed E-state index contributed by atoms with van der Waals surface area (Å²) in [6.07, 6.45) is 3.52. The molecule has 5 heteroatoms. The van der Waals surface area contributed by atoms with Crippen LogP contribution in [-0.4, -0.2) is 31.9 Å². The van der Waals surface area contributed by atoms with Crippen molar-refractivity contribution in [2.45, 2.75) is 44.8 Å². The van der Waals surface area contributed by atoms with Gasteiger partial charge in [0.2, 0.25) is 0 Å². The van der Waals surface area contributed by atoms with Crippen LogP contribution < -0.4 is 5.32 Å². The van der Waals surface area contributed by atoms with Crippen LogP contribution in [0.15, 0.2) is 42.5 Å². The lowest BCUT2D eigenvalue weighted by Crippen LogP contribution is -2.29. The first-order chi connectivity index (χ1) is 11.7. The Morgan fingerprint density at radius 1 is 1.08 bits per heavy atom. The topological polar surface area (TPSA) is 62.5 Å². The van der Waals surface area contributed by atoms with Crippen molar-refractivity contribution in [1.29, 1.82) is 0 Å². The maximum absolute atomic E-state index is 9.71. The molecule has 1 aromatic carbocycles. The summed E-state index contributed by atoms with van der Waals surface area (Å²) in [6.45, 7) is 1.98. The molecule has 0 spiro atoms. The maximum Gasteiger partial charge on any atom is 0.158 e. The van der Waals surface area contributed by atoms with Gasteiger partial charge in [-0.2, -0.15) is 9.61 Å². The van der Waals surface area contributed by atoms with Gasteiger partial charge in [0.1, 0.15) is 5.82 Å². The van der Waals surface area contributed by atoms with Crippen molar-refractivity contribution in [1.82, 2.24) is 14.6 Å². The van der Waals surface area contributed by atoms with Crippen LogP contribution in [0.4, 0.5) is 5.82 Å². The second kappa shape index (κ2) is 6.24. The average molecular weight is 322 g/mol. The van der Waals surface area contributed by atoms with Crippen LogP contribution in [0.5, 0.6) is 0 Å². The number of anilines is 1. The number of aliphatic hydroxyl groups is 1. The molecule has 2 N–H and O–H groups in total. The van der Waals surface area contributed by atoms with Gasteiger partial charge in [0.05, 0.1) is 17.5 Å². The van der Waals surface area contributed by atoms with Gasteiger partial charge in [0, 0.05) is 23.7 Å². The van der Waals surface area contributed by atoms with E-state index in [1.807, 2.05) is 35.7 Å². The highest BCUT2D eigenvalue weighted by Crippen LogP contribution is 2.26. The minimum absolute atomic E-state index is 0.146. The smallest absolute Gasteiger partial charge is 0.158 e. The van der Waals surface area contributed by atoms with Crippen molar-refractivity contribution in [3.05, 3.63) is 48.2 Å². The molecule has 1 aliphatic rings. The SMILES string of the molecule is Cc1cc2nc(-c3ccccc3)cc(NC3CCC(O)CC3)n2n1. The first-order valence-corrected chi connectivity index (χ1v) is 8.56. The van der Waals surface area contributed by atoms with Crippen molar-refractivity contribution in [3.63, 3.8) is 0 Å². The van der Waals surface area contributed by atoms with E-state index < -0.39 is 0 Å². The van der Waals surface area contributed by atoms with E-state index in [9.17, 15) is 5.11 Å². The number of hydrogen-bond donors (Lipinski definition) is 2. The number of hydrogen-bond acceptors (Lipinski definition) is 4. The third-order valence-electron chi connectivity index (χ3n) is 4.67. The average Bonchev–Trinajstić information content (AvgIpc) is 2.98. The molecule has 2 aromatic heterocycles. The standard InChI is InChI=1S/C19H22N4O/c1-13-11-18-21-17(14-5-3-2-4-6-14)12-19(23(18)22-13)20-15-7-9-16(24)10-8-15/h2-6,11-12,15-16,20,24H,7-10H2,1H3. The first-order valence-electron chi connectivity index (χ1n) is 8.56. The minimum atomic E-state index is -0.146. The van der Waals surface area contributed by atoms with E-state index in [0.29, 0.717) is 6.04 Å². The van der Waals surface area contributed by atoms with Crippen molar-refractivity contribution in [2.24, 2.45) is 0 Å². The van der Waals surface area contributed by atoms with E-state index in [4.69, 9.17) is 4.98 Å². The summed E-state index contributed by atoms with van der Waals surface area (Å²) in [7, 11) is 0. The lowest BCUT2D eigenvalue weighted by atomic mass is 9.93. The van der Waals surface area contributed by atoms with Crippen molar-refractivity contribution in [3.8, 4) is 11.3 Å². The fourth-order valence-corrected chi connectivity index (χ4v) is 3.38. The van der Waals surface area contributed by atoms with Gasteiger partial charge < -0.3 is 10.4 Å².